The van der Waals surface area contributed by atoms with Crippen LogP contribution in [0.2, 0.25) is 24.7 Å². The molecule has 0 aromatic heterocycles. The molecule has 0 radical (unpaired) electrons. The molecule has 0 rings (SSSR count). The van der Waals surface area contributed by atoms with Gasteiger partial charge in [0.1, 0.15) is 0 Å². The molecule has 0 saturated heterocycles. The minimum absolute atomic E-state index is 0.166. The van der Waals surface area contributed by atoms with Crippen molar-refractivity contribution in [3.05, 3.63) is 0 Å². The number of unbranched alkanes of at least 4 members (excludes halogenated alkanes) is 1. The smallest absolute Gasteiger partial charge is 0.264 e. The van der Waals surface area contributed by atoms with Gasteiger partial charge in [0.25, 0.3) is 20.2 Å². The first-order valence-corrected chi connectivity index (χ1v) is 20.5. The second-order valence-corrected chi connectivity index (χ2v) is 21.9. The Bertz CT molecular complexity index is 632. The zero-order chi connectivity index (χ0) is 24.0. The van der Waals surface area contributed by atoms with Crippen LogP contribution in [-0.2, 0) is 20.2 Å². The van der Waals surface area contributed by atoms with Crippen molar-refractivity contribution < 1.29 is 25.9 Å². The number of rotatable bonds is 19. The van der Waals surface area contributed by atoms with Crippen molar-refractivity contribution in [1.82, 2.24) is 0 Å². The molecule has 0 saturated carbocycles. The zero-order valence-corrected chi connectivity index (χ0v) is 24.6. The molecular formula is C19H42O6S5Si. The number of hydrogen-bond donors (Lipinski definition) is 2. The summed E-state index contributed by atoms with van der Waals surface area (Å²) >= 11 is 5.55. The van der Waals surface area contributed by atoms with E-state index < -0.39 is 28.3 Å². The molecule has 0 aromatic carbocycles. The topological polar surface area (TPSA) is 109 Å². The zero-order valence-electron chi connectivity index (χ0n) is 19.5. The van der Waals surface area contributed by atoms with Gasteiger partial charge in [-0.3, -0.25) is 9.11 Å². The highest BCUT2D eigenvalue weighted by atomic mass is 32.2. The fourth-order valence-electron chi connectivity index (χ4n) is 2.94. The molecule has 0 heterocycles. The average molecular weight is 555 g/mol. The van der Waals surface area contributed by atoms with Crippen molar-refractivity contribution >= 4 is 63.6 Å². The SMILES string of the molecule is CC(C)(C)SCCCC[Si](C)(CCSCCCS(=O)(=O)O)CCSCCCS(=O)(=O)O. The number of hydrogen-bond acceptors (Lipinski definition) is 7. The minimum atomic E-state index is -3.86. The van der Waals surface area contributed by atoms with Crippen molar-refractivity contribution in [2.24, 2.45) is 0 Å². The molecule has 0 unspecified atom stereocenters. The predicted octanol–water partition coefficient (Wildman–Crippen LogP) is 5.40. The van der Waals surface area contributed by atoms with E-state index in [1.165, 1.54) is 36.7 Å². The van der Waals surface area contributed by atoms with Gasteiger partial charge in [0.15, 0.2) is 0 Å². The molecule has 0 amide bonds. The molecule has 12 heteroatoms. The lowest BCUT2D eigenvalue weighted by Crippen LogP contribution is -2.31. The van der Waals surface area contributed by atoms with Crippen LogP contribution in [0.1, 0.15) is 46.5 Å². The second-order valence-electron chi connectivity index (χ2n) is 9.23. The molecule has 0 aliphatic rings. The molecule has 6 nitrogen and oxygen atoms in total. The first-order valence-electron chi connectivity index (χ1n) is 10.8. The monoisotopic (exact) mass is 554 g/mol. The van der Waals surface area contributed by atoms with Gasteiger partial charge in [0.05, 0.1) is 19.6 Å². The van der Waals surface area contributed by atoms with Gasteiger partial charge in [-0.2, -0.15) is 52.1 Å². The van der Waals surface area contributed by atoms with Crippen LogP contribution in [0.25, 0.3) is 0 Å². The Hall–Kier alpha value is 1.09. The van der Waals surface area contributed by atoms with Gasteiger partial charge in [0.2, 0.25) is 0 Å². The van der Waals surface area contributed by atoms with Crippen LogP contribution < -0.4 is 0 Å². The lowest BCUT2D eigenvalue weighted by molar-refractivity contribution is 0.480. The molecule has 0 aliphatic heterocycles. The highest BCUT2D eigenvalue weighted by molar-refractivity contribution is 8.00. The van der Waals surface area contributed by atoms with Gasteiger partial charge in [0, 0.05) is 4.75 Å². The van der Waals surface area contributed by atoms with Crippen LogP contribution in [0.5, 0.6) is 0 Å². The fourth-order valence-corrected chi connectivity index (χ4v) is 13.3. The maximum absolute atomic E-state index is 10.8. The van der Waals surface area contributed by atoms with E-state index in [0.717, 1.165) is 23.0 Å². The summed E-state index contributed by atoms with van der Waals surface area (Å²) in [6.07, 6.45) is 3.44. The summed E-state index contributed by atoms with van der Waals surface area (Å²) in [7, 11) is -9.14. The Morgan fingerprint density at radius 3 is 1.52 bits per heavy atom. The molecule has 0 spiro atoms. The Morgan fingerprint density at radius 2 is 1.13 bits per heavy atom. The van der Waals surface area contributed by atoms with Gasteiger partial charge in [-0.1, -0.05) is 39.8 Å². The van der Waals surface area contributed by atoms with Gasteiger partial charge in [-0.05, 0) is 60.1 Å². The Balaban J connectivity index is 4.35. The summed E-state index contributed by atoms with van der Waals surface area (Å²) in [6, 6.07) is 3.68. The molecule has 31 heavy (non-hydrogen) atoms. The molecule has 0 aromatic rings. The number of thioether (sulfide) groups is 3. The first-order chi connectivity index (χ1) is 14.1. The third-order valence-corrected chi connectivity index (χ3v) is 15.1. The average Bonchev–Trinajstić information content (AvgIpc) is 2.58. The summed E-state index contributed by atoms with van der Waals surface area (Å²) in [5, 5.41) is 0. The predicted molar refractivity (Wildman–Crippen MR) is 144 cm³/mol. The summed E-state index contributed by atoms with van der Waals surface area (Å²) < 4.78 is 61.2. The van der Waals surface area contributed by atoms with E-state index in [0.29, 0.717) is 17.6 Å². The van der Waals surface area contributed by atoms with E-state index in [1.807, 2.05) is 11.8 Å². The van der Waals surface area contributed by atoms with E-state index in [9.17, 15) is 16.8 Å². The van der Waals surface area contributed by atoms with Crippen LogP contribution in [0.15, 0.2) is 0 Å². The van der Waals surface area contributed by atoms with E-state index >= 15 is 0 Å². The molecule has 2 N–H and O–H groups in total. The molecular weight excluding hydrogens is 513 g/mol. The third kappa shape index (κ3) is 24.0. The molecule has 0 aliphatic carbocycles. The Morgan fingerprint density at radius 1 is 0.677 bits per heavy atom. The highest BCUT2D eigenvalue weighted by Gasteiger charge is 2.26. The standard InChI is InChI=1S/C19H42O6S5Si/c1-19(2,3)28-11-5-6-16-31(4,17-12-26-9-7-14-29(20,21)22)18-13-27-10-8-15-30(23,24)25/h5-18H2,1-4H3,(H,20,21,22)(H,23,24,25). The summed E-state index contributed by atoms with van der Waals surface area (Å²) in [5.41, 5.74) is 0. The van der Waals surface area contributed by atoms with Gasteiger partial charge in [-0.15, -0.1) is 0 Å². The van der Waals surface area contributed by atoms with Crippen molar-refractivity contribution in [3.8, 4) is 0 Å². The van der Waals surface area contributed by atoms with Crippen molar-refractivity contribution in [2.45, 2.75) is 75.9 Å². The fraction of sp³-hybridized carbons (Fsp3) is 1.00. The summed E-state index contributed by atoms with van der Waals surface area (Å²) in [4.78, 5) is 0. The van der Waals surface area contributed by atoms with E-state index in [-0.39, 0.29) is 11.5 Å². The molecule has 0 atom stereocenters. The van der Waals surface area contributed by atoms with Gasteiger partial charge in [-0.25, -0.2) is 0 Å². The Kier molecular flexibility index (Phi) is 16.4. The largest absolute Gasteiger partial charge is 0.286 e. The van der Waals surface area contributed by atoms with Crippen LogP contribution in [0.4, 0.5) is 0 Å². The van der Waals surface area contributed by atoms with Crippen LogP contribution >= 0.6 is 35.3 Å². The van der Waals surface area contributed by atoms with Gasteiger partial charge >= 0.3 is 0 Å². The third-order valence-electron chi connectivity index (χ3n) is 4.79. The lowest BCUT2D eigenvalue weighted by Gasteiger charge is -2.28. The maximum Gasteiger partial charge on any atom is 0.264 e. The van der Waals surface area contributed by atoms with Crippen LogP contribution in [-0.4, -0.2) is 79.0 Å². The quantitative estimate of drug-likeness (QED) is 0.123. The van der Waals surface area contributed by atoms with E-state index in [2.05, 4.69) is 27.3 Å². The summed E-state index contributed by atoms with van der Waals surface area (Å²) in [6.45, 7) is 9.19. The van der Waals surface area contributed by atoms with Gasteiger partial charge < -0.3 is 0 Å². The molecule has 188 valence electrons. The normalized spacial score (nSPS) is 13.6. The summed E-state index contributed by atoms with van der Waals surface area (Å²) in [5.74, 6) is 4.40. The van der Waals surface area contributed by atoms with Crippen LogP contribution in [0, 0.1) is 0 Å². The molecule has 0 fully saturated rings. The van der Waals surface area contributed by atoms with Crippen molar-refractivity contribution in [1.29, 1.82) is 0 Å². The van der Waals surface area contributed by atoms with E-state index in [1.54, 1.807) is 23.5 Å². The lowest BCUT2D eigenvalue weighted by atomic mass is 10.3. The van der Waals surface area contributed by atoms with Crippen molar-refractivity contribution in [3.63, 3.8) is 0 Å². The maximum atomic E-state index is 10.8. The van der Waals surface area contributed by atoms with E-state index in [4.69, 9.17) is 9.11 Å². The highest BCUT2D eigenvalue weighted by Crippen LogP contribution is 2.29. The molecule has 0 bridgehead atoms. The second kappa shape index (κ2) is 15.9. The minimum Gasteiger partial charge on any atom is -0.286 e. The van der Waals surface area contributed by atoms with Crippen molar-refractivity contribution in [2.75, 3.05) is 40.3 Å². The van der Waals surface area contributed by atoms with Crippen LogP contribution in [0.3, 0.4) is 0 Å². The first kappa shape index (κ1) is 32.1. The Labute approximate surface area is 204 Å².